The average molecular weight is 770 g/mol. The molecular weight excluding hydrogens is 731 g/mol. The largest absolute Gasteiger partial charge is 0.456 e. The summed E-state index contributed by atoms with van der Waals surface area (Å²) in [5.74, 6) is 0. The molecule has 2 heterocycles. The SMILES string of the molecule is CC1(C)c2ccccc2-c2ccc(N(c3ccc4c(c3)oc3c(-c5ccc(-c6ccccc6)cc5)c5c(cc34)oc3ccccc35)c3ccccc3-c3ccccc3)cc21. The maximum Gasteiger partial charge on any atom is 0.144 e. The minimum atomic E-state index is -0.147. The maximum absolute atomic E-state index is 7.14. The van der Waals surface area contributed by atoms with Crippen LogP contribution < -0.4 is 4.90 Å². The molecule has 3 heteroatoms. The van der Waals surface area contributed by atoms with Gasteiger partial charge in [-0.3, -0.25) is 0 Å². The van der Waals surface area contributed by atoms with Crippen LogP contribution >= 0.6 is 0 Å². The Kier molecular flexibility index (Phi) is 7.58. The number of nitrogens with zero attached hydrogens (tertiary/aromatic N) is 1. The van der Waals surface area contributed by atoms with E-state index in [2.05, 4.69) is 207 Å². The molecule has 0 unspecified atom stereocenters. The summed E-state index contributed by atoms with van der Waals surface area (Å²) in [6.07, 6.45) is 0. The molecule has 0 aliphatic heterocycles. The zero-order chi connectivity index (χ0) is 40.0. The monoisotopic (exact) mass is 769 g/mol. The zero-order valence-corrected chi connectivity index (χ0v) is 33.3. The van der Waals surface area contributed by atoms with Gasteiger partial charge in [-0.15, -0.1) is 0 Å². The van der Waals surface area contributed by atoms with Crippen LogP contribution in [0.2, 0.25) is 0 Å². The third-order valence-corrected chi connectivity index (χ3v) is 12.7. The lowest BCUT2D eigenvalue weighted by atomic mass is 9.82. The van der Waals surface area contributed by atoms with E-state index >= 15 is 0 Å². The topological polar surface area (TPSA) is 29.5 Å². The van der Waals surface area contributed by atoms with Crippen LogP contribution in [-0.2, 0) is 5.41 Å². The first-order valence-electron chi connectivity index (χ1n) is 20.7. The molecule has 3 nitrogen and oxygen atoms in total. The van der Waals surface area contributed by atoms with Crippen LogP contribution in [0.4, 0.5) is 17.1 Å². The highest BCUT2D eigenvalue weighted by Crippen LogP contribution is 2.52. The Bertz CT molecular complexity index is 3450. The second kappa shape index (κ2) is 13.2. The third kappa shape index (κ3) is 5.22. The molecule has 284 valence electrons. The molecule has 2 aromatic heterocycles. The lowest BCUT2D eigenvalue weighted by molar-refractivity contribution is 0.660. The standard InChI is InChI=1S/C57H39NO2/c1-57(2)48-22-12-9-20-43(48)44-31-29-40(33-49(44)57)58(50-23-13-10-19-42(50)38-17-7-4-8-18-38)41-30-32-45-47-35-53-55(46-21-11-14-24-51(46)59-53)54(56(47)60-52(45)34-41)39-27-25-37(26-28-39)36-15-5-3-6-16-36/h3-35H,1-2H3. The van der Waals surface area contributed by atoms with Crippen LogP contribution in [-0.4, -0.2) is 0 Å². The second-order valence-corrected chi connectivity index (χ2v) is 16.4. The van der Waals surface area contributed by atoms with Gasteiger partial charge in [-0.05, 0) is 87.0 Å². The molecule has 0 bridgehead atoms. The normalized spacial score (nSPS) is 13.0. The van der Waals surface area contributed by atoms with Gasteiger partial charge >= 0.3 is 0 Å². The molecule has 0 saturated heterocycles. The van der Waals surface area contributed by atoms with E-state index in [0.717, 1.165) is 83.2 Å². The average Bonchev–Trinajstić information content (AvgIpc) is 3.93. The molecule has 0 saturated carbocycles. The smallest absolute Gasteiger partial charge is 0.144 e. The van der Waals surface area contributed by atoms with Crippen molar-refractivity contribution in [1.82, 2.24) is 0 Å². The van der Waals surface area contributed by atoms with Crippen molar-refractivity contribution < 1.29 is 8.83 Å². The van der Waals surface area contributed by atoms with Crippen molar-refractivity contribution in [2.45, 2.75) is 19.3 Å². The Morgan fingerprint density at radius 3 is 1.82 bits per heavy atom. The van der Waals surface area contributed by atoms with E-state index in [-0.39, 0.29) is 5.41 Å². The molecule has 0 spiro atoms. The Balaban J connectivity index is 1.08. The summed E-state index contributed by atoms with van der Waals surface area (Å²) >= 11 is 0. The first-order chi connectivity index (χ1) is 29.5. The van der Waals surface area contributed by atoms with Gasteiger partial charge in [0.2, 0.25) is 0 Å². The number of fused-ring (bicyclic) bond motifs is 9. The first-order valence-corrected chi connectivity index (χ1v) is 20.7. The van der Waals surface area contributed by atoms with Crippen LogP contribution in [0.25, 0.3) is 88.4 Å². The summed E-state index contributed by atoms with van der Waals surface area (Å²) in [6.45, 7) is 4.69. The minimum Gasteiger partial charge on any atom is -0.456 e. The lowest BCUT2D eigenvalue weighted by Gasteiger charge is -2.29. The van der Waals surface area contributed by atoms with Crippen LogP contribution in [0.1, 0.15) is 25.0 Å². The predicted molar refractivity (Wildman–Crippen MR) is 250 cm³/mol. The summed E-state index contributed by atoms with van der Waals surface area (Å²) < 4.78 is 13.7. The number of benzene rings is 9. The lowest BCUT2D eigenvalue weighted by Crippen LogP contribution is -2.16. The van der Waals surface area contributed by atoms with Crippen LogP contribution in [0, 0.1) is 0 Å². The van der Waals surface area contributed by atoms with Crippen LogP contribution in [0.15, 0.2) is 209 Å². The first kappa shape index (κ1) is 34.4. The summed E-state index contributed by atoms with van der Waals surface area (Å²) in [6, 6.07) is 71.7. The number of hydrogen-bond donors (Lipinski definition) is 0. The fraction of sp³-hybridized carbons (Fsp3) is 0.0526. The summed E-state index contributed by atoms with van der Waals surface area (Å²) in [4.78, 5) is 2.40. The van der Waals surface area contributed by atoms with E-state index in [9.17, 15) is 0 Å². The van der Waals surface area contributed by atoms with Gasteiger partial charge in [-0.1, -0.05) is 166 Å². The number of hydrogen-bond acceptors (Lipinski definition) is 3. The van der Waals surface area contributed by atoms with Crippen LogP contribution in [0.3, 0.4) is 0 Å². The van der Waals surface area contributed by atoms with Gasteiger partial charge in [0.05, 0.1) is 5.69 Å². The van der Waals surface area contributed by atoms with E-state index in [1.54, 1.807) is 0 Å². The van der Waals surface area contributed by atoms with Crippen LogP contribution in [0.5, 0.6) is 0 Å². The van der Waals surface area contributed by atoms with Gasteiger partial charge in [-0.2, -0.15) is 0 Å². The molecule has 0 atom stereocenters. The molecule has 0 amide bonds. The third-order valence-electron chi connectivity index (χ3n) is 12.7. The van der Waals surface area contributed by atoms with E-state index in [1.807, 2.05) is 12.1 Å². The molecule has 11 aromatic rings. The van der Waals surface area contributed by atoms with Crippen molar-refractivity contribution >= 4 is 60.9 Å². The molecule has 1 aliphatic carbocycles. The molecular formula is C57H39NO2. The molecule has 0 N–H and O–H groups in total. The highest BCUT2D eigenvalue weighted by atomic mass is 16.3. The highest BCUT2D eigenvalue weighted by molar-refractivity contribution is 6.23. The predicted octanol–water partition coefficient (Wildman–Crippen LogP) is 16.3. The highest BCUT2D eigenvalue weighted by Gasteiger charge is 2.36. The summed E-state index contributed by atoms with van der Waals surface area (Å²) in [5.41, 5.74) is 18.5. The van der Waals surface area contributed by atoms with Crippen molar-refractivity contribution in [3.8, 4) is 44.5 Å². The number of anilines is 3. The van der Waals surface area contributed by atoms with Gasteiger partial charge < -0.3 is 13.7 Å². The van der Waals surface area contributed by atoms with Gasteiger partial charge in [0.15, 0.2) is 0 Å². The van der Waals surface area contributed by atoms with Crippen molar-refractivity contribution in [3.05, 3.63) is 211 Å². The van der Waals surface area contributed by atoms with Gasteiger partial charge in [0, 0.05) is 55.5 Å². The van der Waals surface area contributed by atoms with Gasteiger partial charge in [0.1, 0.15) is 22.3 Å². The Hall–Kier alpha value is -7.62. The molecule has 60 heavy (non-hydrogen) atoms. The summed E-state index contributed by atoms with van der Waals surface area (Å²) in [7, 11) is 0. The molecule has 9 aromatic carbocycles. The number of furan rings is 2. The molecule has 1 aliphatic rings. The Morgan fingerprint density at radius 1 is 0.383 bits per heavy atom. The van der Waals surface area contributed by atoms with E-state index in [4.69, 9.17) is 8.83 Å². The zero-order valence-electron chi connectivity index (χ0n) is 33.3. The molecule has 0 fully saturated rings. The number of rotatable bonds is 6. The second-order valence-electron chi connectivity index (χ2n) is 16.4. The molecule has 0 radical (unpaired) electrons. The van der Waals surface area contributed by atoms with Crippen molar-refractivity contribution in [2.24, 2.45) is 0 Å². The maximum atomic E-state index is 7.14. The van der Waals surface area contributed by atoms with Crippen molar-refractivity contribution in [3.63, 3.8) is 0 Å². The van der Waals surface area contributed by atoms with E-state index in [0.29, 0.717) is 0 Å². The fourth-order valence-corrected chi connectivity index (χ4v) is 9.77. The Morgan fingerprint density at radius 2 is 1.00 bits per heavy atom. The minimum absolute atomic E-state index is 0.147. The van der Waals surface area contributed by atoms with Crippen molar-refractivity contribution in [2.75, 3.05) is 4.90 Å². The quantitative estimate of drug-likeness (QED) is 0.169. The van der Waals surface area contributed by atoms with Crippen molar-refractivity contribution in [1.29, 1.82) is 0 Å². The number of para-hydroxylation sites is 2. The summed E-state index contributed by atoms with van der Waals surface area (Å²) in [5, 5.41) is 4.20. The van der Waals surface area contributed by atoms with Gasteiger partial charge in [-0.25, -0.2) is 0 Å². The van der Waals surface area contributed by atoms with Gasteiger partial charge in [0.25, 0.3) is 0 Å². The van der Waals surface area contributed by atoms with E-state index < -0.39 is 0 Å². The Labute approximate surface area is 348 Å². The fourth-order valence-electron chi connectivity index (χ4n) is 9.77. The molecule has 12 rings (SSSR count). The van der Waals surface area contributed by atoms with E-state index in [1.165, 1.54) is 33.4 Å².